The first kappa shape index (κ1) is 16.8. The Morgan fingerprint density at radius 2 is 2.04 bits per heavy atom. The lowest BCUT2D eigenvalue weighted by molar-refractivity contribution is -0.116. The molecule has 0 spiro atoms. The summed E-state index contributed by atoms with van der Waals surface area (Å²) < 4.78 is 5.77. The van der Waals surface area contributed by atoms with Crippen LogP contribution < -0.4 is 5.32 Å². The smallest absolute Gasteiger partial charge is 0.227 e. The van der Waals surface area contributed by atoms with Crippen molar-refractivity contribution in [2.24, 2.45) is 0 Å². The third-order valence-electron chi connectivity index (χ3n) is 3.65. The van der Waals surface area contributed by atoms with Gasteiger partial charge in [-0.05, 0) is 43.2 Å². The molecule has 0 unspecified atom stereocenters. The number of hydrogen-bond acceptors (Lipinski definition) is 3. The Morgan fingerprint density at radius 1 is 1.25 bits per heavy atom. The second-order valence-corrected chi connectivity index (χ2v) is 6.43. The molecular formula is C18H16Cl2N2O2. The van der Waals surface area contributed by atoms with Crippen molar-refractivity contribution in [3.8, 4) is 11.5 Å². The van der Waals surface area contributed by atoms with Crippen molar-refractivity contribution in [2.75, 3.05) is 5.32 Å². The maximum absolute atomic E-state index is 11.9. The number of hydrogen-bond donors (Lipinski definition) is 1. The fourth-order valence-electron chi connectivity index (χ4n) is 2.41. The summed E-state index contributed by atoms with van der Waals surface area (Å²) in [4.78, 5) is 16.3. The van der Waals surface area contributed by atoms with Crippen molar-refractivity contribution in [1.82, 2.24) is 4.98 Å². The van der Waals surface area contributed by atoms with E-state index in [0.717, 1.165) is 23.2 Å². The molecule has 4 nitrogen and oxygen atoms in total. The lowest BCUT2D eigenvalue weighted by Gasteiger charge is -2.09. The molecule has 6 heteroatoms. The number of halogens is 2. The maximum atomic E-state index is 11.9. The summed E-state index contributed by atoms with van der Waals surface area (Å²) in [6, 6.07) is 8.98. The van der Waals surface area contributed by atoms with Gasteiger partial charge in [-0.25, -0.2) is 4.98 Å². The summed E-state index contributed by atoms with van der Waals surface area (Å²) >= 11 is 12.1. The highest BCUT2D eigenvalue weighted by molar-refractivity contribution is 6.38. The number of aryl methyl sites for hydroxylation is 1. The quantitative estimate of drug-likeness (QED) is 0.633. The SMILES string of the molecule is CCCC(=O)Nc1cc(-c2nc3cc(Cl)cc(Cl)c3o2)ccc1C. The van der Waals surface area contributed by atoms with Gasteiger partial charge in [0.2, 0.25) is 11.8 Å². The van der Waals surface area contributed by atoms with Crippen molar-refractivity contribution < 1.29 is 9.21 Å². The third-order valence-corrected chi connectivity index (χ3v) is 4.14. The number of nitrogens with one attached hydrogen (secondary N) is 1. The Hall–Kier alpha value is -2.04. The first-order chi connectivity index (χ1) is 11.5. The van der Waals surface area contributed by atoms with E-state index in [1.54, 1.807) is 12.1 Å². The van der Waals surface area contributed by atoms with Crippen LogP contribution in [0.5, 0.6) is 0 Å². The van der Waals surface area contributed by atoms with Crippen molar-refractivity contribution in [2.45, 2.75) is 26.7 Å². The number of carbonyl (C=O) groups is 1. The van der Waals surface area contributed by atoms with Gasteiger partial charge in [-0.1, -0.05) is 36.2 Å². The van der Waals surface area contributed by atoms with E-state index >= 15 is 0 Å². The highest BCUT2D eigenvalue weighted by Gasteiger charge is 2.14. The van der Waals surface area contributed by atoms with E-state index in [-0.39, 0.29) is 5.91 Å². The summed E-state index contributed by atoms with van der Waals surface area (Å²) in [6.07, 6.45) is 1.29. The van der Waals surface area contributed by atoms with Crippen LogP contribution in [0.3, 0.4) is 0 Å². The van der Waals surface area contributed by atoms with Crippen LogP contribution in [0.4, 0.5) is 5.69 Å². The molecule has 124 valence electrons. The molecule has 0 radical (unpaired) electrons. The minimum absolute atomic E-state index is 0.00913. The lowest BCUT2D eigenvalue weighted by Crippen LogP contribution is -2.11. The molecule has 0 aliphatic carbocycles. The van der Waals surface area contributed by atoms with Crippen molar-refractivity contribution in [3.63, 3.8) is 0 Å². The molecule has 0 fully saturated rings. The lowest BCUT2D eigenvalue weighted by atomic mass is 10.1. The molecule has 0 atom stereocenters. The molecule has 1 heterocycles. The summed E-state index contributed by atoms with van der Waals surface area (Å²) in [5.74, 6) is 0.422. The van der Waals surface area contributed by atoms with E-state index in [4.69, 9.17) is 27.6 Å². The molecule has 1 aromatic heterocycles. The van der Waals surface area contributed by atoms with Crippen LogP contribution in [0.2, 0.25) is 10.0 Å². The van der Waals surface area contributed by atoms with Crippen molar-refractivity contribution in [1.29, 1.82) is 0 Å². The van der Waals surface area contributed by atoms with Crippen LogP contribution in [0.1, 0.15) is 25.3 Å². The summed E-state index contributed by atoms with van der Waals surface area (Å²) in [7, 11) is 0. The van der Waals surface area contributed by atoms with Crippen LogP contribution in [0.15, 0.2) is 34.7 Å². The fraction of sp³-hybridized carbons (Fsp3) is 0.222. The fourth-order valence-corrected chi connectivity index (χ4v) is 2.93. The van der Waals surface area contributed by atoms with Gasteiger partial charge in [0.05, 0.1) is 5.02 Å². The number of oxazole rings is 1. The Kier molecular flexibility index (Phi) is 4.78. The predicted octanol–water partition coefficient (Wildman–Crippen LogP) is 5.85. The number of carbonyl (C=O) groups excluding carboxylic acids is 1. The van der Waals surface area contributed by atoms with E-state index < -0.39 is 0 Å². The van der Waals surface area contributed by atoms with Gasteiger partial charge in [0.25, 0.3) is 0 Å². The Morgan fingerprint density at radius 3 is 2.79 bits per heavy atom. The molecule has 0 saturated heterocycles. The van der Waals surface area contributed by atoms with Gasteiger partial charge in [-0.15, -0.1) is 0 Å². The molecule has 2 aromatic carbocycles. The summed E-state index contributed by atoms with van der Waals surface area (Å²) in [6.45, 7) is 3.91. The van der Waals surface area contributed by atoms with E-state index in [0.29, 0.717) is 33.5 Å². The van der Waals surface area contributed by atoms with Crippen molar-refractivity contribution >= 4 is 45.9 Å². The van der Waals surface area contributed by atoms with Gasteiger partial charge < -0.3 is 9.73 Å². The van der Waals surface area contributed by atoms with Gasteiger partial charge in [0.1, 0.15) is 5.52 Å². The molecule has 0 saturated carbocycles. The number of fused-ring (bicyclic) bond motifs is 1. The number of aromatic nitrogens is 1. The highest BCUT2D eigenvalue weighted by atomic mass is 35.5. The highest BCUT2D eigenvalue weighted by Crippen LogP contribution is 2.33. The maximum Gasteiger partial charge on any atom is 0.227 e. The Balaban J connectivity index is 2.00. The zero-order valence-corrected chi connectivity index (χ0v) is 14.8. The average Bonchev–Trinajstić information content (AvgIpc) is 2.94. The van der Waals surface area contributed by atoms with E-state index in [1.165, 1.54) is 0 Å². The number of anilines is 1. The first-order valence-corrected chi connectivity index (χ1v) is 8.40. The minimum atomic E-state index is -0.00913. The van der Waals surface area contributed by atoms with Gasteiger partial charge >= 0.3 is 0 Å². The van der Waals surface area contributed by atoms with Crippen molar-refractivity contribution in [3.05, 3.63) is 45.9 Å². The van der Waals surface area contributed by atoms with E-state index in [9.17, 15) is 4.79 Å². The summed E-state index contributed by atoms with van der Waals surface area (Å²) in [5, 5.41) is 3.84. The van der Waals surface area contributed by atoms with Crippen LogP contribution in [-0.4, -0.2) is 10.9 Å². The Labute approximate surface area is 149 Å². The average molecular weight is 363 g/mol. The van der Waals surface area contributed by atoms with Crippen LogP contribution in [-0.2, 0) is 4.79 Å². The molecule has 0 aliphatic rings. The Bertz CT molecular complexity index is 919. The van der Waals surface area contributed by atoms with Crippen LogP contribution in [0, 0.1) is 6.92 Å². The molecule has 1 amide bonds. The summed E-state index contributed by atoms with van der Waals surface area (Å²) in [5.41, 5.74) is 3.57. The topological polar surface area (TPSA) is 55.1 Å². The zero-order valence-electron chi connectivity index (χ0n) is 13.3. The monoisotopic (exact) mass is 362 g/mol. The van der Waals surface area contributed by atoms with E-state index in [1.807, 2.05) is 32.0 Å². The van der Waals surface area contributed by atoms with Gasteiger partial charge in [0, 0.05) is 22.7 Å². The number of rotatable bonds is 4. The molecule has 3 rings (SSSR count). The predicted molar refractivity (Wildman–Crippen MR) is 97.7 cm³/mol. The number of benzene rings is 2. The molecular weight excluding hydrogens is 347 g/mol. The van der Waals surface area contributed by atoms with Gasteiger partial charge in [0.15, 0.2) is 5.58 Å². The second-order valence-electron chi connectivity index (χ2n) is 5.58. The number of amides is 1. The standard InChI is InChI=1S/C18H16Cl2N2O2/c1-3-4-16(23)21-14-7-11(6-5-10(14)2)18-22-15-9-12(19)8-13(20)17(15)24-18/h5-9H,3-4H2,1-2H3,(H,21,23). The zero-order chi connectivity index (χ0) is 17.3. The molecule has 1 N–H and O–H groups in total. The normalized spacial score (nSPS) is 11.0. The van der Waals surface area contributed by atoms with Gasteiger partial charge in [-0.2, -0.15) is 0 Å². The minimum Gasteiger partial charge on any atom is -0.435 e. The van der Waals surface area contributed by atoms with Gasteiger partial charge in [-0.3, -0.25) is 4.79 Å². The first-order valence-electron chi connectivity index (χ1n) is 7.64. The second kappa shape index (κ2) is 6.83. The third kappa shape index (κ3) is 3.40. The number of nitrogens with zero attached hydrogens (tertiary/aromatic N) is 1. The van der Waals surface area contributed by atoms with Crippen LogP contribution >= 0.6 is 23.2 Å². The molecule has 3 aromatic rings. The largest absolute Gasteiger partial charge is 0.435 e. The molecule has 0 bridgehead atoms. The van der Waals surface area contributed by atoms with E-state index in [2.05, 4.69) is 10.3 Å². The molecule has 0 aliphatic heterocycles. The molecule has 24 heavy (non-hydrogen) atoms. The van der Waals surface area contributed by atoms with Crippen LogP contribution in [0.25, 0.3) is 22.6 Å².